The van der Waals surface area contributed by atoms with Crippen molar-refractivity contribution in [3.63, 3.8) is 0 Å². The SMILES string of the molecule is Cc1nnc(C(C)CCc2noc(C(C)C)n2)o1. The molecular formula is C12H18N4O2. The predicted molar refractivity (Wildman–Crippen MR) is 64.2 cm³/mol. The lowest BCUT2D eigenvalue weighted by molar-refractivity contribution is 0.359. The van der Waals surface area contributed by atoms with Crippen LogP contribution < -0.4 is 0 Å². The lowest BCUT2D eigenvalue weighted by Gasteiger charge is -2.03. The van der Waals surface area contributed by atoms with E-state index in [0.717, 1.165) is 18.7 Å². The van der Waals surface area contributed by atoms with E-state index < -0.39 is 0 Å². The molecule has 0 aliphatic carbocycles. The van der Waals surface area contributed by atoms with E-state index in [4.69, 9.17) is 8.94 Å². The average molecular weight is 250 g/mol. The molecule has 2 aromatic heterocycles. The fourth-order valence-corrected chi connectivity index (χ4v) is 1.58. The van der Waals surface area contributed by atoms with Crippen LogP contribution >= 0.6 is 0 Å². The van der Waals surface area contributed by atoms with Crippen LogP contribution in [0.2, 0.25) is 0 Å². The highest BCUT2D eigenvalue weighted by Gasteiger charge is 2.15. The van der Waals surface area contributed by atoms with Crippen LogP contribution in [-0.2, 0) is 6.42 Å². The molecule has 0 N–H and O–H groups in total. The smallest absolute Gasteiger partial charge is 0.229 e. The minimum atomic E-state index is 0.201. The van der Waals surface area contributed by atoms with E-state index in [1.54, 1.807) is 6.92 Å². The summed E-state index contributed by atoms with van der Waals surface area (Å²) in [6, 6.07) is 0. The van der Waals surface area contributed by atoms with Gasteiger partial charge < -0.3 is 8.94 Å². The topological polar surface area (TPSA) is 77.8 Å². The minimum Gasteiger partial charge on any atom is -0.425 e. The van der Waals surface area contributed by atoms with Crippen molar-refractivity contribution in [1.29, 1.82) is 0 Å². The number of hydrogen-bond donors (Lipinski definition) is 0. The molecular weight excluding hydrogens is 232 g/mol. The van der Waals surface area contributed by atoms with Crippen LogP contribution in [0.1, 0.15) is 62.5 Å². The highest BCUT2D eigenvalue weighted by atomic mass is 16.5. The van der Waals surface area contributed by atoms with E-state index >= 15 is 0 Å². The summed E-state index contributed by atoms with van der Waals surface area (Å²) in [5, 5.41) is 11.8. The second-order valence-electron chi connectivity index (χ2n) is 4.80. The fourth-order valence-electron chi connectivity index (χ4n) is 1.58. The number of aromatic nitrogens is 4. The third-order valence-electron chi connectivity index (χ3n) is 2.74. The molecule has 0 fully saturated rings. The maximum Gasteiger partial charge on any atom is 0.229 e. The molecule has 0 aliphatic heterocycles. The monoisotopic (exact) mass is 250 g/mol. The third-order valence-corrected chi connectivity index (χ3v) is 2.74. The fraction of sp³-hybridized carbons (Fsp3) is 0.667. The van der Waals surface area contributed by atoms with Crippen molar-refractivity contribution in [2.45, 2.75) is 52.4 Å². The molecule has 1 unspecified atom stereocenters. The normalized spacial score (nSPS) is 13.2. The lowest BCUT2D eigenvalue weighted by Crippen LogP contribution is -1.98. The largest absolute Gasteiger partial charge is 0.425 e. The number of hydrogen-bond acceptors (Lipinski definition) is 6. The molecule has 0 saturated heterocycles. The van der Waals surface area contributed by atoms with Gasteiger partial charge in [-0.1, -0.05) is 25.9 Å². The number of nitrogens with zero attached hydrogens (tertiary/aromatic N) is 4. The maximum absolute atomic E-state index is 5.39. The number of rotatable bonds is 5. The molecule has 2 rings (SSSR count). The first-order valence-corrected chi connectivity index (χ1v) is 6.18. The van der Waals surface area contributed by atoms with Crippen LogP contribution in [-0.4, -0.2) is 20.3 Å². The molecule has 2 heterocycles. The zero-order chi connectivity index (χ0) is 13.1. The van der Waals surface area contributed by atoms with Crippen molar-refractivity contribution in [1.82, 2.24) is 20.3 Å². The predicted octanol–water partition coefficient (Wildman–Crippen LogP) is 2.62. The Hall–Kier alpha value is -1.72. The Morgan fingerprint density at radius 2 is 1.89 bits per heavy atom. The van der Waals surface area contributed by atoms with Gasteiger partial charge in [0.25, 0.3) is 0 Å². The summed E-state index contributed by atoms with van der Waals surface area (Å²) < 4.78 is 10.5. The molecule has 0 amide bonds. The van der Waals surface area contributed by atoms with Crippen molar-refractivity contribution in [2.24, 2.45) is 0 Å². The summed E-state index contributed by atoms with van der Waals surface area (Å²) in [6.45, 7) is 7.90. The van der Waals surface area contributed by atoms with Crippen LogP contribution in [0, 0.1) is 6.92 Å². The highest BCUT2D eigenvalue weighted by molar-refractivity contribution is 4.94. The van der Waals surface area contributed by atoms with E-state index in [0.29, 0.717) is 17.7 Å². The van der Waals surface area contributed by atoms with Crippen molar-refractivity contribution in [3.8, 4) is 0 Å². The summed E-state index contributed by atoms with van der Waals surface area (Å²) in [5.41, 5.74) is 0. The van der Waals surface area contributed by atoms with Gasteiger partial charge in [-0.25, -0.2) is 0 Å². The molecule has 1 atom stereocenters. The van der Waals surface area contributed by atoms with Gasteiger partial charge in [0.2, 0.25) is 17.7 Å². The minimum absolute atomic E-state index is 0.201. The van der Waals surface area contributed by atoms with E-state index in [-0.39, 0.29) is 11.8 Å². The molecule has 0 bridgehead atoms. The highest BCUT2D eigenvalue weighted by Crippen LogP contribution is 2.19. The standard InChI is InChI=1S/C12H18N4O2/c1-7(2)11-13-10(16-18-11)6-5-8(3)12-15-14-9(4)17-12/h7-8H,5-6H2,1-4H3. The van der Waals surface area contributed by atoms with Gasteiger partial charge >= 0.3 is 0 Å². The van der Waals surface area contributed by atoms with Gasteiger partial charge in [-0.3, -0.25) is 0 Å². The van der Waals surface area contributed by atoms with E-state index in [9.17, 15) is 0 Å². The molecule has 6 heteroatoms. The molecule has 0 spiro atoms. The molecule has 2 aromatic rings. The van der Waals surface area contributed by atoms with Gasteiger partial charge in [0, 0.05) is 25.2 Å². The van der Waals surface area contributed by atoms with Crippen molar-refractivity contribution in [3.05, 3.63) is 23.5 Å². The summed E-state index contributed by atoms with van der Waals surface area (Å²) in [4.78, 5) is 4.34. The molecule has 0 saturated carbocycles. The Bertz CT molecular complexity index is 504. The van der Waals surface area contributed by atoms with Gasteiger partial charge in [0.05, 0.1) is 0 Å². The summed E-state index contributed by atoms with van der Waals surface area (Å²) >= 11 is 0. The second-order valence-corrected chi connectivity index (χ2v) is 4.80. The maximum atomic E-state index is 5.39. The van der Waals surface area contributed by atoms with Gasteiger partial charge in [0.1, 0.15) is 0 Å². The van der Waals surface area contributed by atoms with Crippen LogP contribution in [0.25, 0.3) is 0 Å². The van der Waals surface area contributed by atoms with Crippen LogP contribution in [0.4, 0.5) is 0 Å². The Labute approximate surface area is 106 Å². The summed E-state index contributed by atoms with van der Waals surface area (Å²) in [6.07, 6.45) is 1.61. The van der Waals surface area contributed by atoms with Crippen LogP contribution in [0.3, 0.4) is 0 Å². The first-order chi connectivity index (χ1) is 8.56. The lowest BCUT2D eigenvalue weighted by atomic mass is 10.1. The quantitative estimate of drug-likeness (QED) is 0.811. The third kappa shape index (κ3) is 2.94. The van der Waals surface area contributed by atoms with Crippen molar-refractivity contribution in [2.75, 3.05) is 0 Å². The zero-order valence-electron chi connectivity index (χ0n) is 11.2. The Kier molecular flexibility index (Phi) is 3.74. The average Bonchev–Trinajstić information content (AvgIpc) is 2.94. The molecule has 0 aliphatic rings. The Morgan fingerprint density at radius 1 is 1.11 bits per heavy atom. The van der Waals surface area contributed by atoms with E-state index in [1.165, 1.54) is 0 Å². The first kappa shape index (κ1) is 12.7. The molecule has 6 nitrogen and oxygen atoms in total. The van der Waals surface area contributed by atoms with E-state index in [2.05, 4.69) is 27.3 Å². The Morgan fingerprint density at radius 3 is 2.44 bits per heavy atom. The van der Waals surface area contributed by atoms with Gasteiger partial charge in [-0.15, -0.1) is 10.2 Å². The summed E-state index contributed by atoms with van der Waals surface area (Å²) in [7, 11) is 0. The Balaban J connectivity index is 1.90. The molecule has 98 valence electrons. The van der Waals surface area contributed by atoms with Crippen LogP contribution in [0.5, 0.6) is 0 Å². The van der Waals surface area contributed by atoms with Crippen LogP contribution in [0.15, 0.2) is 8.94 Å². The van der Waals surface area contributed by atoms with Gasteiger partial charge in [-0.2, -0.15) is 4.98 Å². The second kappa shape index (κ2) is 5.29. The van der Waals surface area contributed by atoms with Crippen molar-refractivity contribution >= 4 is 0 Å². The van der Waals surface area contributed by atoms with Gasteiger partial charge in [0.15, 0.2) is 5.82 Å². The van der Waals surface area contributed by atoms with Gasteiger partial charge in [-0.05, 0) is 6.42 Å². The molecule has 0 aromatic carbocycles. The zero-order valence-corrected chi connectivity index (χ0v) is 11.2. The van der Waals surface area contributed by atoms with Crippen molar-refractivity contribution < 1.29 is 8.94 Å². The summed E-state index contributed by atoms with van der Waals surface area (Å²) in [5.74, 6) is 3.15. The number of aryl methyl sites for hydroxylation is 2. The first-order valence-electron chi connectivity index (χ1n) is 6.18. The van der Waals surface area contributed by atoms with E-state index in [1.807, 2.05) is 13.8 Å². The molecule has 18 heavy (non-hydrogen) atoms. The molecule has 0 radical (unpaired) electrons.